The normalized spacial score (nSPS) is 10.6. The highest BCUT2D eigenvalue weighted by atomic mass is 35.5. The van der Waals surface area contributed by atoms with Gasteiger partial charge >= 0.3 is 5.69 Å². The lowest BCUT2D eigenvalue weighted by molar-refractivity contribution is 0.0953. The number of benzene rings is 1. The van der Waals surface area contributed by atoms with Crippen LogP contribution in [0.3, 0.4) is 0 Å². The smallest absolute Gasteiger partial charge is 0.349 e. The first kappa shape index (κ1) is 18.5. The zero-order valence-electron chi connectivity index (χ0n) is 14.4. The summed E-state index contributed by atoms with van der Waals surface area (Å²) in [6.07, 6.45) is 2.96. The van der Waals surface area contributed by atoms with E-state index >= 15 is 0 Å². The lowest BCUT2D eigenvalue weighted by Gasteiger charge is -2.10. The van der Waals surface area contributed by atoms with Gasteiger partial charge in [0, 0.05) is 11.6 Å². The lowest BCUT2D eigenvalue weighted by atomic mass is 10.1. The number of amides is 1. The summed E-state index contributed by atoms with van der Waals surface area (Å²) in [5.74, 6) is -0.327. The van der Waals surface area contributed by atoms with Gasteiger partial charge in [-0.1, -0.05) is 29.8 Å². The van der Waals surface area contributed by atoms with E-state index in [-0.39, 0.29) is 11.6 Å². The van der Waals surface area contributed by atoms with Crippen molar-refractivity contribution in [3.05, 3.63) is 85.4 Å². The van der Waals surface area contributed by atoms with Crippen LogP contribution in [-0.4, -0.2) is 32.2 Å². The van der Waals surface area contributed by atoms with Gasteiger partial charge in [0.1, 0.15) is 6.20 Å². The predicted molar refractivity (Wildman–Crippen MR) is 100 cm³/mol. The number of aryl methyl sites for hydroxylation is 1. The van der Waals surface area contributed by atoms with Crippen LogP contribution >= 0.6 is 11.6 Å². The molecule has 0 aliphatic carbocycles. The van der Waals surface area contributed by atoms with Gasteiger partial charge in [-0.25, -0.2) is 4.79 Å². The molecule has 0 saturated heterocycles. The number of nitrogens with one attached hydrogen (secondary N) is 2. The number of aromatic nitrogens is 4. The highest BCUT2D eigenvalue weighted by Gasteiger charge is 2.13. The predicted octanol–water partition coefficient (Wildman–Crippen LogP) is 1.25. The Morgan fingerprint density at radius 1 is 1.26 bits per heavy atom. The first-order valence-electron chi connectivity index (χ1n) is 8.13. The monoisotopic (exact) mass is 385 g/mol. The van der Waals surface area contributed by atoms with Gasteiger partial charge in [0.15, 0.2) is 0 Å². The maximum absolute atomic E-state index is 12.5. The summed E-state index contributed by atoms with van der Waals surface area (Å²) in [4.78, 5) is 41.8. The Bertz CT molecular complexity index is 1110. The van der Waals surface area contributed by atoms with Crippen molar-refractivity contribution in [1.82, 2.24) is 25.1 Å². The number of rotatable bonds is 5. The van der Waals surface area contributed by atoms with Gasteiger partial charge in [0.05, 0.1) is 23.1 Å². The van der Waals surface area contributed by atoms with E-state index in [1.54, 1.807) is 13.0 Å². The average molecular weight is 386 g/mol. The van der Waals surface area contributed by atoms with Gasteiger partial charge in [-0.05, 0) is 31.0 Å². The van der Waals surface area contributed by atoms with Gasteiger partial charge in [0.2, 0.25) is 0 Å². The summed E-state index contributed by atoms with van der Waals surface area (Å²) >= 11 is 6.11. The topological polar surface area (TPSA) is 110 Å². The minimum absolute atomic E-state index is 0.276. The number of carbonyl (C=O) groups is 1. The third-order valence-electron chi connectivity index (χ3n) is 3.91. The molecule has 0 saturated carbocycles. The molecule has 0 aliphatic heterocycles. The van der Waals surface area contributed by atoms with Gasteiger partial charge in [-0.3, -0.25) is 19.6 Å². The van der Waals surface area contributed by atoms with Crippen molar-refractivity contribution < 1.29 is 4.79 Å². The van der Waals surface area contributed by atoms with E-state index in [0.717, 1.165) is 16.4 Å². The molecule has 9 heteroatoms. The molecule has 0 bridgehead atoms. The molecule has 2 heterocycles. The molecule has 3 rings (SSSR count). The molecule has 0 aliphatic rings. The zero-order valence-corrected chi connectivity index (χ0v) is 15.2. The SMILES string of the molecule is Cc1ncc(-n2ncc(=O)[nH]c2=O)cc1C(=O)NCCc1ccccc1Cl. The van der Waals surface area contributed by atoms with E-state index in [9.17, 15) is 14.4 Å². The Kier molecular flexibility index (Phi) is 5.46. The summed E-state index contributed by atoms with van der Waals surface area (Å²) in [5, 5.41) is 7.23. The van der Waals surface area contributed by atoms with Crippen molar-refractivity contribution in [2.45, 2.75) is 13.3 Å². The van der Waals surface area contributed by atoms with E-state index in [0.29, 0.717) is 29.2 Å². The molecule has 1 amide bonds. The molecule has 3 aromatic rings. The molecule has 2 N–H and O–H groups in total. The Morgan fingerprint density at radius 3 is 2.78 bits per heavy atom. The first-order valence-corrected chi connectivity index (χ1v) is 8.51. The second-order valence-corrected chi connectivity index (χ2v) is 6.18. The summed E-state index contributed by atoms with van der Waals surface area (Å²) in [6.45, 7) is 2.08. The highest BCUT2D eigenvalue weighted by Crippen LogP contribution is 2.15. The quantitative estimate of drug-likeness (QED) is 0.686. The van der Waals surface area contributed by atoms with E-state index < -0.39 is 11.2 Å². The first-order chi connectivity index (χ1) is 13.0. The standard InChI is InChI=1S/C18H16ClN5O3/c1-11-14(17(26)20-7-6-12-4-2-3-5-15(12)19)8-13(9-21-11)24-18(27)23-16(25)10-22-24/h2-5,8-10H,6-7H2,1H3,(H,20,26)(H,23,25,27). The largest absolute Gasteiger partial charge is 0.352 e. The van der Waals surface area contributed by atoms with Crippen molar-refractivity contribution in [2.75, 3.05) is 6.54 Å². The van der Waals surface area contributed by atoms with Crippen molar-refractivity contribution in [3.63, 3.8) is 0 Å². The maximum Gasteiger partial charge on any atom is 0.349 e. The lowest BCUT2D eigenvalue weighted by Crippen LogP contribution is -2.31. The second-order valence-electron chi connectivity index (χ2n) is 5.77. The number of carbonyl (C=O) groups excluding carboxylic acids is 1. The fourth-order valence-electron chi connectivity index (χ4n) is 2.51. The molecule has 8 nitrogen and oxygen atoms in total. The van der Waals surface area contributed by atoms with E-state index in [2.05, 4.69) is 20.4 Å². The minimum atomic E-state index is -0.710. The van der Waals surface area contributed by atoms with Crippen molar-refractivity contribution >= 4 is 17.5 Å². The zero-order chi connectivity index (χ0) is 19.4. The van der Waals surface area contributed by atoms with Gasteiger partial charge in [-0.15, -0.1) is 0 Å². The summed E-state index contributed by atoms with van der Waals surface area (Å²) < 4.78 is 0.967. The fourth-order valence-corrected chi connectivity index (χ4v) is 2.74. The molecular weight excluding hydrogens is 370 g/mol. The van der Waals surface area contributed by atoms with Gasteiger partial charge < -0.3 is 5.32 Å². The molecule has 0 fully saturated rings. The fraction of sp³-hybridized carbons (Fsp3) is 0.167. The van der Waals surface area contributed by atoms with Crippen LogP contribution in [0.4, 0.5) is 0 Å². The van der Waals surface area contributed by atoms with Crippen molar-refractivity contribution in [1.29, 1.82) is 0 Å². The molecule has 0 spiro atoms. The van der Waals surface area contributed by atoms with Crippen LogP contribution in [0, 0.1) is 6.92 Å². The number of nitrogens with zero attached hydrogens (tertiary/aromatic N) is 3. The van der Waals surface area contributed by atoms with Crippen LogP contribution in [0.25, 0.3) is 5.69 Å². The molecule has 2 aromatic heterocycles. The van der Waals surface area contributed by atoms with Crippen molar-refractivity contribution in [3.8, 4) is 5.69 Å². The average Bonchev–Trinajstić information content (AvgIpc) is 2.64. The van der Waals surface area contributed by atoms with Crippen LogP contribution in [0.2, 0.25) is 5.02 Å². The Morgan fingerprint density at radius 2 is 2.04 bits per heavy atom. The van der Waals surface area contributed by atoms with Gasteiger partial charge in [0.25, 0.3) is 11.5 Å². The Balaban J connectivity index is 1.77. The molecule has 27 heavy (non-hydrogen) atoms. The van der Waals surface area contributed by atoms with E-state index in [1.165, 1.54) is 12.3 Å². The van der Waals surface area contributed by atoms with E-state index in [4.69, 9.17) is 11.6 Å². The molecule has 138 valence electrons. The van der Waals surface area contributed by atoms with Crippen LogP contribution in [0.15, 0.2) is 52.3 Å². The number of aromatic amines is 1. The van der Waals surface area contributed by atoms with Crippen LogP contribution in [0.5, 0.6) is 0 Å². The third kappa shape index (κ3) is 4.29. The van der Waals surface area contributed by atoms with E-state index in [1.807, 2.05) is 18.2 Å². The maximum atomic E-state index is 12.5. The summed E-state index contributed by atoms with van der Waals surface area (Å²) in [7, 11) is 0. The Labute approximate surface area is 158 Å². The molecule has 0 unspecified atom stereocenters. The minimum Gasteiger partial charge on any atom is -0.352 e. The number of hydrogen-bond acceptors (Lipinski definition) is 5. The summed E-state index contributed by atoms with van der Waals surface area (Å²) in [5.41, 5.74) is 0.718. The molecule has 0 atom stereocenters. The van der Waals surface area contributed by atoms with Crippen LogP contribution in [0.1, 0.15) is 21.6 Å². The highest BCUT2D eigenvalue weighted by molar-refractivity contribution is 6.31. The number of pyridine rings is 1. The van der Waals surface area contributed by atoms with Crippen LogP contribution in [-0.2, 0) is 6.42 Å². The van der Waals surface area contributed by atoms with Crippen molar-refractivity contribution in [2.24, 2.45) is 0 Å². The van der Waals surface area contributed by atoms with Crippen LogP contribution < -0.4 is 16.6 Å². The number of halogens is 1. The van der Waals surface area contributed by atoms with Gasteiger partial charge in [-0.2, -0.15) is 9.78 Å². The number of H-pyrrole nitrogens is 1. The Hall–Kier alpha value is -3.26. The summed E-state index contributed by atoms with van der Waals surface area (Å²) in [6, 6.07) is 8.93. The number of hydrogen-bond donors (Lipinski definition) is 2. The second kappa shape index (κ2) is 7.96. The third-order valence-corrected chi connectivity index (χ3v) is 4.28. The molecule has 1 aromatic carbocycles. The molecule has 0 radical (unpaired) electrons. The molecular formula is C18H16ClN5O3.